The lowest BCUT2D eigenvalue weighted by Gasteiger charge is -2.19. The Labute approximate surface area is 157 Å². The summed E-state index contributed by atoms with van der Waals surface area (Å²) in [5.74, 6) is -0.295. The highest BCUT2D eigenvalue weighted by Gasteiger charge is 2.15. The fourth-order valence-corrected chi connectivity index (χ4v) is 3.47. The number of hydrogen-bond donors (Lipinski definition) is 1. The maximum Gasteiger partial charge on any atom is 0.263 e. The van der Waals surface area contributed by atoms with Gasteiger partial charge in [-0.2, -0.15) is 0 Å². The molecule has 0 aliphatic rings. The van der Waals surface area contributed by atoms with Gasteiger partial charge in [0.05, 0.1) is 16.8 Å². The summed E-state index contributed by atoms with van der Waals surface area (Å²) in [6.45, 7) is 0.784. The van der Waals surface area contributed by atoms with Crippen molar-refractivity contribution in [1.29, 1.82) is 0 Å². The number of aromatic nitrogens is 2. The molecule has 0 radical (unpaired) electrons. The number of sulfonamides is 1. The van der Waals surface area contributed by atoms with Crippen LogP contribution in [0.3, 0.4) is 0 Å². The average Bonchev–Trinajstić information content (AvgIpc) is 2.67. The number of rotatable bonds is 7. The van der Waals surface area contributed by atoms with Gasteiger partial charge >= 0.3 is 0 Å². The Kier molecular flexibility index (Phi) is 5.66. The first-order chi connectivity index (χ1) is 12.9. The third-order valence-electron chi connectivity index (χ3n) is 4.04. The number of hydrogen-bond acceptors (Lipinski definition) is 5. The van der Waals surface area contributed by atoms with E-state index >= 15 is 0 Å². The van der Waals surface area contributed by atoms with Crippen LogP contribution in [0, 0.1) is 5.82 Å². The molecule has 6 nitrogen and oxygen atoms in total. The molecule has 1 aromatic carbocycles. The van der Waals surface area contributed by atoms with Crippen LogP contribution in [0.5, 0.6) is 0 Å². The van der Waals surface area contributed by atoms with E-state index in [9.17, 15) is 12.8 Å². The molecule has 1 N–H and O–H groups in total. The lowest BCUT2D eigenvalue weighted by atomic mass is 10.2. The topological polar surface area (TPSA) is 75.2 Å². The van der Waals surface area contributed by atoms with Crippen molar-refractivity contribution in [2.24, 2.45) is 0 Å². The molecule has 0 aliphatic carbocycles. The zero-order chi connectivity index (χ0) is 19.3. The quantitative estimate of drug-likeness (QED) is 0.675. The first-order valence-electron chi connectivity index (χ1n) is 8.28. The van der Waals surface area contributed by atoms with Crippen molar-refractivity contribution in [2.75, 3.05) is 23.2 Å². The highest BCUT2D eigenvalue weighted by Crippen LogP contribution is 2.18. The van der Waals surface area contributed by atoms with E-state index in [0.29, 0.717) is 0 Å². The molecule has 0 saturated heterocycles. The third-order valence-corrected chi connectivity index (χ3v) is 5.41. The smallest absolute Gasteiger partial charge is 0.263 e. The molecule has 3 aromatic rings. The SMILES string of the molecule is CN(CCc1ccncc1)c1ccc(NS(=O)(=O)c2ccc(F)cc2)nc1. The Morgan fingerprint density at radius 1 is 1.04 bits per heavy atom. The van der Waals surface area contributed by atoms with Gasteiger partial charge in [0, 0.05) is 26.0 Å². The van der Waals surface area contributed by atoms with Crippen LogP contribution in [0.1, 0.15) is 5.56 Å². The molecule has 0 aliphatic heterocycles. The molecule has 0 bridgehead atoms. The van der Waals surface area contributed by atoms with Crippen molar-refractivity contribution < 1.29 is 12.8 Å². The first kappa shape index (κ1) is 18.8. The van der Waals surface area contributed by atoms with E-state index in [2.05, 4.69) is 14.7 Å². The van der Waals surface area contributed by atoms with E-state index in [1.807, 2.05) is 24.1 Å². The normalized spacial score (nSPS) is 11.2. The minimum absolute atomic E-state index is 0.0238. The fraction of sp³-hybridized carbons (Fsp3) is 0.158. The van der Waals surface area contributed by atoms with Gasteiger partial charge in [0.25, 0.3) is 10.0 Å². The molecule has 2 aromatic heterocycles. The number of pyridine rings is 2. The Balaban J connectivity index is 1.63. The van der Waals surface area contributed by atoms with Crippen LogP contribution in [-0.2, 0) is 16.4 Å². The van der Waals surface area contributed by atoms with Crippen LogP contribution >= 0.6 is 0 Å². The van der Waals surface area contributed by atoms with Gasteiger partial charge in [-0.1, -0.05) is 0 Å². The highest BCUT2D eigenvalue weighted by atomic mass is 32.2. The van der Waals surface area contributed by atoms with Gasteiger partial charge in [0.2, 0.25) is 0 Å². The zero-order valence-electron chi connectivity index (χ0n) is 14.7. The Hall–Kier alpha value is -3.00. The van der Waals surface area contributed by atoms with Crippen molar-refractivity contribution >= 4 is 21.5 Å². The lowest BCUT2D eigenvalue weighted by molar-refractivity contribution is 0.599. The molecular formula is C19H19FN4O2S. The van der Waals surface area contributed by atoms with Crippen molar-refractivity contribution in [3.05, 3.63) is 78.5 Å². The molecule has 140 valence electrons. The molecule has 0 amide bonds. The maximum atomic E-state index is 13.0. The van der Waals surface area contributed by atoms with Crippen LogP contribution < -0.4 is 9.62 Å². The molecule has 0 atom stereocenters. The van der Waals surface area contributed by atoms with Crippen molar-refractivity contribution in [2.45, 2.75) is 11.3 Å². The highest BCUT2D eigenvalue weighted by molar-refractivity contribution is 7.92. The number of benzene rings is 1. The summed E-state index contributed by atoms with van der Waals surface area (Å²) in [6.07, 6.45) is 5.99. The van der Waals surface area contributed by atoms with Gasteiger partial charge in [0.1, 0.15) is 11.6 Å². The van der Waals surface area contributed by atoms with Gasteiger partial charge in [-0.15, -0.1) is 0 Å². The van der Waals surface area contributed by atoms with Gasteiger partial charge in [-0.25, -0.2) is 17.8 Å². The van der Waals surface area contributed by atoms with Crippen LogP contribution in [0.15, 0.2) is 72.0 Å². The number of halogens is 1. The lowest BCUT2D eigenvalue weighted by Crippen LogP contribution is -2.20. The van der Waals surface area contributed by atoms with E-state index in [1.54, 1.807) is 30.7 Å². The monoisotopic (exact) mass is 386 g/mol. The summed E-state index contributed by atoms with van der Waals surface area (Å²) in [5, 5.41) is 0. The molecule has 0 spiro atoms. The minimum atomic E-state index is -3.81. The minimum Gasteiger partial charge on any atom is -0.373 e. The van der Waals surface area contributed by atoms with Crippen LogP contribution in [0.2, 0.25) is 0 Å². The van der Waals surface area contributed by atoms with E-state index in [0.717, 1.165) is 30.8 Å². The number of likely N-dealkylation sites (N-methyl/N-ethyl adjacent to an activating group) is 1. The molecule has 2 heterocycles. The van der Waals surface area contributed by atoms with E-state index in [1.165, 1.54) is 17.7 Å². The van der Waals surface area contributed by atoms with E-state index in [-0.39, 0.29) is 10.7 Å². The van der Waals surface area contributed by atoms with E-state index < -0.39 is 15.8 Å². The molecule has 0 fully saturated rings. The summed E-state index contributed by atoms with van der Waals surface area (Å²) in [5.41, 5.74) is 2.06. The Bertz CT molecular complexity index is 978. The second-order valence-corrected chi connectivity index (χ2v) is 7.67. The summed E-state index contributed by atoms with van der Waals surface area (Å²) in [4.78, 5) is 10.2. The Morgan fingerprint density at radius 3 is 2.37 bits per heavy atom. The number of nitrogens with zero attached hydrogens (tertiary/aromatic N) is 3. The van der Waals surface area contributed by atoms with Crippen LogP contribution in [-0.4, -0.2) is 32.0 Å². The second-order valence-electron chi connectivity index (χ2n) is 5.99. The fourth-order valence-electron chi connectivity index (χ4n) is 2.46. The molecule has 3 rings (SSSR count). The Morgan fingerprint density at radius 2 is 1.74 bits per heavy atom. The number of nitrogens with one attached hydrogen (secondary N) is 1. The second kappa shape index (κ2) is 8.13. The third kappa shape index (κ3) is 5.01. The van der Waals surface area contributed by atoms with Gasteiger partial charge in [0.15, 0.2) is 0 Å². The molecule has 0 unspecified atom stereocenters. The van der Waals surface area contributed by atoms with Gasteiger partial charge < -0.3 is 4.90 Å². The van der Waals surface area contributed by atoms with Crippen molar-refractivity contribution in [1.82, 2.24) is 9.97 Å². The predicted molar refractivity (Wildman–Crippen MR) is 103 cm³/mol. The summed E-state index contributed by atoms with van der Waals surface area (Å²) >= 11 is 0. The van der Waals surface area contributed by atoms with Crippen molar-refractivity contribution in [3.63, 3.8) is 0 Å². The molecule has 27 heavy (non-hydrogen) atoms. The largest absolute Gasteiger partial charge is 0.373 e. The van der Waals surface area contributed by atoms with Crippen LogP contribution in [0.25, 0.3) is 0 Å². The standard InChI is InChI=1S/C19H19FN4O2S/c1-24(13-10-15-8-11-21-12-9-15)17-4-7-19(22-14-17)23-27(25,26)18-5-2-16(20)3-6-18/h2-9,11-12,14H,10,13H2,1H3,(H,22,23). The zero-order valence-corrected chi connectivity index (χ0v) is 15.5. The summed E-state index contributed by atoms with van der Waals surface area (Å²) < 4.78 is 40.0. The van der Waals surface area contributed by atoms with E-state index in [4.69, 9.17) is 0 Å². The summed E-state index contributed by atoms with van der Waals surface area (Å²) in [6, 6.07) is 11.9. The average molecular weight is 386 g/mol. The van der Waals surface area contributed by atoms with Crippen LogP contribution in [0.4, 0.5) is 15.9 Å². The van der Waals surface area contributed by atoms with Gasteiger partial charge in [-0.3, -0.25) is 9.71 Å². The van der Waals surface area contributed by atoms with Crippen molar-refractivity contribution in [3.8, 4) is 0 Å². The number of anilines is 2. The predicted octanol–water partition coefficient (Wildman–Crippen LogP) is 3.10. The van der Waals surface area contributed by atoms with Gasteiger partial charge in [-0.05, 0) is 60.5 Å². The summed E-state index contributed by atoms with van der Waals surface area (Å²) in [7, 11) is -1.86. The molecule has 0 saturated carbocycles. The molecular weight excluding hydrogens is 367 g/mol. The molecule has 8 heteroatoms. The first-order valence-corrected chi connectivity index (χ1v) is 9.77. The maximum absolute atomic E-state index is 13.0.